The summed E-state index contributed by atoms with van der Waals surface area (Å²) >= 11 is 0. The second-order valence-corrected chi connectivity index (χ2v) is 4.76. The molecule has 94 valence electrons. The molecule has 0 radical (unpaired) electrons. The number of aliphatic carboxylic acids is 1. The number of carbonyl (C=O) groups is 1. The third-order valence-corrected chi connectivity index (χ3v) is 2.78. The van der Waals surface area contributed by atoms with E-state index in [0.29, 0.717) is 18.6 Å². The molecule has 0 amide bonds. The molecule has 0 saturated heterocycles. The first-order chi connectivity index (χ1) is 7.63. The molecule has 0 spiro atoms. The average molecular weight is 229 g/mol. The van der Waals surface area contributed by atoms with Crippen LogP contribution in [0.3, 0.4) is 0 Å². The zero-order chi connectivity index (χ0) is 12.0. The fourth-order valence-electron chi connectivity index (χ4n) is 1.69. The van der Waals surface area contributed by atoms with E-state index >= 15 is 0 Å². The first-order valence-corrected chi connectivity index (χ1v) is 6.20. The maximum atomic E-state index is 10.9. The Labute approximate surface area is 97.4 Å². The molecular formula is C12H23NO3. The predicted octanol–water partition coefficient (Wildman–Crippen LogP) is 1.64. The molecule has 0 bridgehead atoms. The van der Waals surface area contributed by atoms with Crippen molar-refractivity contribution >= 4 is 5.97 Å². The highest BCUT2D eigenvalue weighted by atomic mass is 16.5. The Kier molecular flexibility index (Phi) is 5.77. The van der Waals surface area contributed by atoms with Gasteiger partial charge in [-0.25, -0.2) is 0 Å². The van der Waals surface area contributed by atoms with Crippen LogP contribution in [0.15, 0.2) is 0 Å². The van der Waals surface area contributed by atoms with Gasteiger partial charge in [-0.15, -0.1) is 0 Å². The highest BCUT2D eigenvalue weighted by Crippen LogP contribution is 2.19. The van der Waals surface area contributed by atoms with Gasteiger partial charge in [-0.05, 0) is 25.2 Å². The van der Waals surface area contributed by atoms with Gasteiger partial charge in [0.2, 0.25) is 0 Å². The van der Waals surface area contributed by atoms with E-state index < -0.39 is 12.0 Å². The van der Waals surface area contributed by atoms with Crippen molar-refractivity contribution in [1.29, 1.82) is 0 Å². The third-order valence-electron chi connectivity index (χ3n) is 2.78. The lowest BCUT2D eigenvalue weighted by atomic mass is 10.1. The van der Waals surface area contributed by atoms with Gasteiger partial charge in [-0.3, -0.25) is 10.1 Å². The molecule has 1 fully saturated rings. The molecule has 2 N–H and O–H groups in total. The number of hydrogen-bond acceptors (Lipinski definition) is 3. The summed E-state index contributed by atoms with van der Waals surface area (Å²) in [5.41, 5.74) is 0. The number of ether oxygens (including phenoxy) is 1. The molecular weight excluding hydrogens is 206 g/mol. The van der Waals surface area contributed by atoms with Crippen LogP contribution in [0.25, 0.3) is 0 Å². The highest BCUT2D eigenvalue weighted by molar-refractivity contribution is 5.73. The van der Waals surface area contributed by atoms with Crippen LogP contribution in [0.2, 0.25) is 0 Å². The first kappa shape index (κ1) is 13.5. The van der Waals surface area contributed by atoms with Gasteiger partial charge < -0.3 is 9.84 Å². The van der Waals surface area contributed by atoms with Gasteiger partial charge in [0.05, 0.1) is 6.61 Å². The molecule has 0 aromatic heterocycles. The topological polar surface area (TPSA) is 58.6 Å². The monoisotopic (exact) mass is 229 g/mol. The summed E-state index contributed by atoms with van der Waals surface area (Å²) in [4.78, 5) is 10.9. The lowest BCUT2D eigenvalue weighted by Gasteiger charge is -2.16. The second-order valence-electron chi connectivity index (χ2n) is 4.76. The maximum absolute atomic E-state index is 10.9. The molecule has 1 saturated carbocycles. The Bertz CT molecular complexity index is 216. The fraction of sp³-hybridized carbons (Fsp3) is 0.917. The number of carboxylic acid groups (broad SMARTS) is 1. The molecule has 0 aliphatic heterocycles. The van der Waals surface area contributed by atoms with Crippen molar-refractivity contribution in [3.8, 4) is 0 Å². The van der Waals surface area contributed by atoms with Gasteiger partial charge >= 0.3 is 5.97 Å². The van der Waals surface area contributed by atoms with E-state index in [9.17, 15) is 4.79 Å². The molecule has 16 heavy (non-hydrogen) atoms. The van der Waals surface area contributed by atoms with Crippen LogP contribution in [0.5, 0.6) is 0 Å². The molecule has 0 aromatic rings. The molecule has 2 unspecified atom stereocenters. The number of rotatable bonds is 9. The summed E-state index contributed by atoms with van der Waals surface area (Å²) in [6, 6.07) is -0.140. The van der Waals surface area contributed by atoms with Crippen molar-refractivity contribution < 1.29 is 14.6 Å². The van der Waals surface area contributed by atoms with Crippen molar-refractivity contribution in [3.05, 3.63) is 0 Å². The van der Waals surface area contributed by atoms with Crippen molar-refractivity contribution in [2.75, 3.05) is 13.2 Å². The largest absolute Gasteiger partial charge is 0.480 e. The number of hydrogen-bond donors (Lipinski definition) is 2. The van der Waals surface area contributed by atoms with E-state index in [2.05, 4.69) is 19.2 Å². The molecule has 4 nitrogen and oxygen atoms in total. The average Bonchev–Trinajstić information content (AvgIpc) is 3.00. The Morgan fingerprint density at radius 1 is 1.50 bits per heavy atom. The van der Waals surface area contributed by atoms with Gasteiger partial charge in [0.15, 0.2) is 0 Å². The molecule has 0 aromatic carbocycles. The number of carboxylic acids is 1. The lowest BCUT2D eigenvalue weighted by Crippen LogP contribution is -2.42. The van der Waals surface area contributed by atoms with Crippen LogP contribution in [-0.2, 0) is 9.53 Å². The lowest BCUT2D eigenvalue weighted by molar-refractivity contribution is -0.141. The van der Waals surface area contributed by atoms with E-state index in [1.807, 2.05) is 0 Å². The molecule has 4 heteroatoms. The number of nitrogens with one attached hydrogen (secondary N) is 1. The highest BCUT2D eigenvalue weighted by Gasteiger charge is 2.28. The molecule has 2 atom stereocenters. The van der Waals surface area contributed by atoms with Crippen LogP contribution in [0.4, 0.5) is 0 Å². The Balaban J connectivity index is 2.13. The summed E-state index contributed by atoms with van der Waals surface area (Å²) in [5.74, 6) is -0.296. The summed E-state index contributed by atoms with van der Waals surface area (Å²) in [5, 5.41) is 12.0. The van der Waals surface area contributed by atoms with Crippen LogP contribution < -0.4 is 5.32 Å². The van der Waals surface area contributed by atoms with Gasteiger partial charge in [-0.1, -0.05) is 20.3 Å². The van der Waals surface area contributed by atoms with Gasteiger partial charge in [0.25, 0.3) is 0 Å². The van der Waals surface area contributed by atoms with E-state index in [4.69, 9.17) is 9.84 Å². The summed E-state index contributed by atoms with van der Waals surface area (Å²) in [6.45, 7) is 5.21. The van der Waals surface area contributed by atoms with E-state index in [1.165, 1.54) is 0 Å². The molecule has 0 heterocycles. The zero-order valence-electron chi connectivity index (χ0n) is 10.2. The Morgan fingerprint density at radius 2 is 2.19 bits per heavy atom. The normalized spacial score (nSPS) is 19.4. The standard InChI is InChI=1S/C12H23NO3/c1-3-4-9(2)7-16-8-11(12(14)15)13-10-5-6-10/h9-11,13H,3-8H2,1-2H3,(H,14,15). The minimum Gasteiger partial charge on any atom is -0.480 e. The van der Waals surface area contributed by atoms with Crippen LogP contribution >= 0.6 is 0 Å². The van der Waals surface area contributed by atoms with Gasteiger partial charge in [0, 0.05) is 12.6 Å². The predicted molar refractivity (Wildman–Crippen MR) is 62.5 cm³/mol. The molecule has 1 rings (SSSR count). The van der Waals surface area contributed by atoms with Crippen molar-refractivity contribution in [2.45, 2.75) is 51.6 Å². The smallest absolute Gasteiger partial charge is 0.323 e. The summed E-state index contributed by atoms with van der Waals surface area (Å²) in [7, 11) is 0. The third kappa shape index (κ3) is 5.47. The quantitative estimate of drug-likeness (QED) is 0.631. The minimum atomic E-state index is -0.810. The summed E-state index contributed by atoms with van der Waals surface area (Å²) in [6.07, 6.45) is 4.47. The van der Waals surface area contributed by atoms with Crippen molar-refractivity contribution in [3.63, 3.8) is 0 Å². The molecule has 1 aliphatic carbocycles. The van der Waals surface area contributed by atoms with Crippen LogP contribution in [0.1, 0.15) is 39.5 Å². The van der Waals surface area contributed by atoms with Gasteiger partial charge in [-0.2, -0.15) is 0 Å². The minimum absolute atomic E-state index is 0.278. The van der Waals surface area contributed by atoms with Crippen molar-refractivity contribution in [1.82, 2.24) is 5.32 Å². The van der Waals surface area contributed by atoms with Crippen LogP contribution in [-0.4, -0.2) is 36.4 Å². The van der Waals surface area contributed by atoms with E-state index in [-0.39, 0.29) is 6.61 Å². The van der Waals surface area contributed by atoms with Crippen LogP contribution in [0, 0.1) is 5.92 Å². The second kappa shape index (κ2) is 6.86. The van der Waals surface area contributed by atoms with Gasteiger partial charge in [0.1, 0.15) is 6.04 Å². The first-order valence-electron chi connectivity index (χ1n) is 6.20. The fourth-order valence-corrected chi connectivity index (χ4v) is 1.69. The SMILES string of the molecule is CCCC(C)COCC(NC1CC1)C(=O)O. The Morgan fingerprint density at radius 3 is 2.69 bits per heavy atom. The Hall–Kier alpha value is -0.610. The van der Waals surface area contributed by atoms with Crippen molar-refractivity contribution in [2.24, 2.45) is 5.92 Å². The zero-order valence-corrected chi connectivity index (χ0v) is 10.2. The van der Waals surface area contributed by atoms with E-state index in [1.54, 1.807) is 0 Å². The molecule has 1 aliphatic rings. The van der Waals surface area contributed by atoms with E-state index in [0.717, 1.165) is 25.7 Å². The maximum Gasteiger partial charge on any atom is 0.323 e. The summed E-state index contributed by atoms with van der Waals surface area (Å²) < 4.78 is 5.46.